The Kier molecular flexibility index (Phi) is 4.12. The Labute approximate surface area is 169 Å². The SMILES string of the molecule is O=c1ccc2c(NC3c4cccc5c4C(CCO5)CC3(O)C(F)(F)F)cccc2[nH]1. The normalized spacial score (nSPS) is 25.5. The van der Waals surface area contributed by atoms with Crippen LogP contribution in [0.4, 0.5) is 18.9 Å². The lowest BCUT2D eigenvalue weighted by Gasteiger charge is -2.47. The fourth-order valence-corrected chi connectivity index (χ4v) is 4.73. The second-order valence-corrected chi connectivity index (χ2v) is 7.89. The van der Waals surface area contributed by atoms with E-state index >= 15 is 0 Å². The van der Waals surface area contributed by atoms with E-state index in [0.717, 1.165) is 5.56 Å². The third-order valence-corrected chi connectivity index (χ3v) is 6.13. The Hall–Kier alpha value is -3.00. The van der Waals surface area contributed by atoms with Gasteiger partial charge >= 0.3 is 6.18 Å². The molecule has 0 saturated carbocycles. The van der Waals surface area contributed by atoms with Gasteiger partial charge in [0, 0.05) is 22.7 Å². The van der Waals surface area contributed by atoms with Crippen LogP contribution in [0.3, 0.4) is 0 Å². The molecule has 1 aliphatic heterocycles. The molecule has 0 bridgehead atoms. The van der Waals surface area contributed by atoms with Gasteiger partial charge in [-0.2, -0.15) is 13.2 Å². The van der Waals surface area contributed by atoms with Crippen LogP contribution in [-0.4, -0.2) is 28.5 Å². The zero-order chi connectivity index (χ0) is 21.1. The molecule has 0 fully saturated rings. The van der Waals surface area contributed by atoms with Crippen molar-refractivity contribution in [2.45, 2.75) is 36.6 Å². The second kappa shape index (κ2) is 6.50. The number of fused-ring (bicyclic) bond motifs is 1. The molecule has 3 atom stereocenters. The highest BCUT2D eigenvalue weighted by Gasteiger charge is 2.62. The summed E-state index contributed by atoms with van der Waals surface area (Å²) in [5, 5.41) is 14.5. The minimum absolute atomic E-state index is 0.304. The summed E-state index contributed by atoms with van der Waals surface area (Å²) in [6.45, 7) is 0.323. The van der Waals surface area contributed by atoms with E-state index in [2.05, 4.69) is 10.3 Å². The van der Waals surface area contributed by atoms with E-state index in [4.69, 9.17) is 4.74 Å². The number of nitrogens with one attached hydrogen (secondary N) is 2. The van der Waals surface area contributed by atoms with E-state index in [-0.39, 0.29) is 5.56 Å². The minimum atomic E-state index is -4.84. The monoisotopic (exact) mass is 416 g/mol. The van der Waals surface area contributed by atoms with Crippen molar-refractivity contribution in [1.29, 1.82) is 0 Å². The molecule has 3 unspecified atom stereocenters. The maximum Gasteiger partial charge on any atom is 0.419 e. The number of aliphatic hydroxyl groups is 1. The Bertz CT molecular complexity index is 1190. The van der Waals surface area contributed by atoms with E-state index in [1.165, 1.54) is 6.07 Å². The van der Waals surface area contributed by atoms with Gasteiger partial charge in [0.1, 0.15) is 5.75 Å². The number of rotatable bonds is 2. The number of hydrogen-bond donors (Lipinski definition) is 3. The number of H-pyrrole nitrogens is 1. The molecule has 0 spiro atoms. The van der Waals surface area contributed by atoms with Crippen molar-refractivity contribution in [1.82, 2.24) is 4.98 Å². The van der Waals surface area contributed by atoms with Gasteiger partial charge in [0.25, 0.3) is 0 Å². The lowest BCUT2D eigenvalue weighted by Crippen LogP contribution is -2.56. The largest absolute Gasteiger partial charge is 0.493 e. The molecule has 2 aromatic carbocycles. The van der Waals surface area contributed by atoms with Gasteiger partial charge in [-0.1, -0.05) is 18.2 Å². The first-order valence-electron chi connectivity index (χ1n) is 9.71. The summed E-state index contributed by atoms with van der Waals surface area (Å²) in [5.74, 6) is 0.139. The van der Waals surface area contributed by atoms with Crippen molar-refractivity contribution in [2.75, 3.05) is 11.9 Å². The zero-order valence-electron chi connectivity index (χ0n) is 15.8. The number of aromatic nitrogens is 1. The number of hydrogen-bond acceptors (Lipinski definition) is 4. The van der Waals surface area contributed by atoms with Crippen LogP contribution in [0, 0.1) is 0 Å². The van der Waals surface area contributed by atoms with E-state index in [0.29, 0.717) is 40.9 Å². The Morgan fingerprint density at radius 1 is 1.13 bits per heavy atom. The van der Waals surface area contributed by atoms with Crippen molar-refractivity contribution < 1.29 is 23.0 Å². The van der Waals surface area contributed by atoms with Gasteiger partial charge in [0.2, 0.25) is 5.56 Å². The second-order valence-electron chi connectivity index (χ2n) is 7.89. The molecule has 3 aromatic rings. The first-order chi connectivity index (χ1) is 14.3. The van der Waals surface area contributed by atoms with E-state index < -0.39 is 30.2 Å². The molecule has 1 aliphatic carbocycles. The molecule has 156 valence electrons. The van der Waals surface area contributed by atoms with Crippen molar-refractivity contribution in [3.05, 3.63) is 70.0 Å². The summed E-state index contributed by atoms with van der Waals surface area (Å²) in [4.78, 5) is 14.3. The topological polar surface area (TPSA) is 74.3 Å². The van der Waals surface area contributed by atoms with Gasteiger partial charge < -0.3 is 20.1 Å². The van der Waals surface area contributed by atoms with Crippen LogP contribution in [-0.2, 0) is 0 Å². The quantitative estimate of drug-likeness (QED) is 0.584. The summed E-state index contributed by atoms with van der Waals surface area (Å²) in [6, 6.07) is 11.4. The van der Waals surface area contributed by atoms with Crippen LogP contribution in [0.1, 0.15) is 35.9 Å². The molecule has 8 heteroatoms. The van der Waals surface area contributed by atoms with Crippen molar-refractivity contribution in [3.63, 3.8) is 0 Å². The molecule has 0 saturated heterocycles. The molecule has 0 radical (unpaired) electrons. The number of ether oxygens (including phenoxy) is 1. The molecule has 30 heavy (non-hydrogen) atoms. The molecule has 5 rings (SSSR count). The standard InChI is InChI=1S/C22H19F3N2O3/c23-22(24,25)21(29)11-12-9-10-30-17-6-1-3-14(19(12)17)20(21)27-16-5-2-4-15-13(16)7-8-18(28)26-15/h1-8,12,20,27,29H,9-11H2,(H,26,28). The summed E-state index contributed by atoms with van der Waals surface area (Å²) >= 11 is 0. The van der Waals surface area contributed by atoms with Gasteiger partial charge in [0.05, 0.1) is 18.2 Å². The van der Waals surface area contributed by atoms with E-state index in [9.17, 15) is 23.1 Å². The summed E-state index contributed by atoms with van der Waals surface area (Å²) in [7, 11) is 0. The molecule has 2 heterocycles. The van der Waals surface area contributed by atoms with Crippen LogP contribution >= 0.6 is 0 Å². The number of pyridine rings is 1. The molecule has 1 aromatic heterocycles. The number of alkyl halides is 3. The minimum Gasteiger partial charge on any atom is -0.493 e. The van der Waals surface area contributed by atoms with Crippen LogP contribution in [0.15, 0.2) is 53.3 Å². The van der Waals surface area contributed by atoms with E-state index in [1.54, 1.807) is 42.5 Å². The molecular weight excluding hydrogens is 397 g/mol. The van der Waals surface area contributed by atoms with Gasteiger partial charge in [-0.25, -0.2) is 0 Å². The molecule has 5 nitrogen and oxygen atoms in total. The van der Waals surface area contributed by atoms with Gasteiger partial charge in [-0.3, -0.25) is 4.79 Å². The third-order valence-electron chi connectivity index (χ3n) is 6.13. The van der Waals surface area contributed by atoms with Crippen LogP contribution < -0.4 is 15.6 Å². The zero-order valence-corrected chi connectivity index (χ0v) is 15.8. The lowest BCUT2D eigenvalue weighted by molar-refractivity contribution is -0.273. The highest BCUT2D eigenvalue weighted by Crippen LogP contribution is 2.56. The maximum atomic E-state index is 14.2. The van der Waals surface area contributed by atoms with Gasteiger partial charge in [-0.05, 0) is 48.6 Å². The summed E-state index contributed by atoms with van der Waals surface area (Å²) < 4.78 is 48.3. The van der Waals surface area contributed by atoms with Gasteiger partial charge in [0.15, 0.2) is 5.60 Å². The Morgan fingerprint density at radius 2 is 1.93 bits per heavy atom. The number of benzene rings is 2. The average molecular weight is 416 g/mol. The summed E-state index contributed by atoms with van der Waals surface area (Å²) in [6.07, 6.45) is -4.86. The predicted molar refractivity (Wildman–Crippen MR) is 106 cm³/mol. The number of aromatic amines is 1. The van der Waals surface area contributed by atoms with Crippen LogP contribution in [0.25, 0.3) is 10.9 Å². The average Bonchev–Trinajstić information content (AvgIpc) is 2.70. The maximum absolute atomic E-state index is 14.2. The molecule has 2 aliphatic rings. The highest BCUT2D eigenvalue weighted by atomic mass is 19.4. The fraction of sp³-hybridized carbons (Fsp3) is 0.318. The van der Waals surface area contributed by atoms with Crippen LogP contribution in [0.5, 0.6) is 5.75 Å². The number of halogens is 3. The summed E-state index contributed by atoms with van der Waals surface area (Å²) in [5.41, 5.74) is -1.26. The molecule has 3 N–H and O–H groups in total. The van der Waals surface area contributed by atoms with Gasteiger partial charge in [-0.15, -0.1) is 0 Å². The van der Waals surface area contributed by atoms with Crippen molar-refractivity contribution in [2.24, 2.45) is 0 Å². The fourth-order valence-electron chi connectivity index (χ4n) is 4.73. The predicted octanol–water partition coefficient (Wildman–Crippen LogP) is 4.24. The molecular formula is C22H19F3N2O3. The third kappa shape index (κ3) is 2.78. The first kappa shape index (κ1) is 19.0. The molecule has 0 amide bonds. The smallest absolute Gasteiger partial charge is 0.419 e. The van der Waals surface area contributed by atoms with Crippen molar-refractivity contribution >= 4 is 16.6 Å². The number of anilines is 1. The Balaban J connectivity index is 1.69. The van der Waals surface area contributed by atoms with Crippen LogP contribution in [0.2, 0.25) is 0 Å². The Morgan fingerprint density at radius 3 is 2.73 bits per heavy atom. The first-order valence-corrected chi connectivity index (χ1v) is 9.71. The van der Waals surface area contributed by atoms with E-state index in [1.807, 2.05) is 0 Å². The van der Waals surface area contributed by atoms with Crippen molar-refractivity contribution in [3.8, 4) is 5.75 Å². The highest BCUT2D eigenvalue weighted by molar-refractivity contribution is 5.91. The lowest BCUT2D eigenvalue weighted by atomic mass is 9.68.